The average Bonchev–Trinajstić information content (AvgIpc) is 3.17. The third-order valence-corrected chi connectivity index (χ3v) is 5.53. The summed E-state index contributed by atoms with van der Waals surface area (Å²) in [4.78, 5) is 0. The van der Waals surface area contributed by atoms with E-state index in [1.807, 2.05) is 0 Å². The van der Waals surface area contributed by atoms with Crippen molar-refractivity contribution in [2.75, 3.05) is 6.61 Å². The van der Waals surface area contributed by atoms with Crippen molar-refractivity contribution in [2.24, 2.45) is 5.92 Å². The minimum Gasteiger partial charge on any atom is -0.493 e. The number of benzene rings is 2. The van der Waals surface area contributed by atoms with Crippen LogP contribution in [0.5, 0.6) is 5.75 Å². The lowest BCUT2D eigenvalue weighted by Crippen LogP contribution is -1.99. The zero-order chi connectivity index (χ0) is 14.4. The Balaban J connectivity index is 1.61. The lowest BCUT2D eigenvalue weighted by atomic mass is 10.0. The van der Waals surface area contributed by atoms with Gasteiger partial charge in [-0.3, -0.25) is 0 Å². The highest BCUT2D eigenvalue weighted by Crippen LogP contribution is 2.58. The molecule has 0 amide bonds. The largest absolute Gasteiger partial charge is 0.493 e. The molecule has 0 saturated heterocycles. The van der Waals surface area contributed by atoms with Crippen molar-refractivity contribution in [1.82, 2.24) is 0 Å². The summed E-state index contributed by atoms with van der Waals surface area (Å²) in [7, 11) is 0. The van der Waals surface area contributed by atoms with Crippen LogP contribution in [0.2, 0.25) is 0 Å². The van der Waals surface area contributed by atoms with Gasteiger partial charge in [0, 0.05) is 16.5 Å². The highest BCUT2D eigenvalue weighted by Gasteiger charge is 2.44. The molecule has 1 aliphatic carbocycles. The first-order valence-corrected chi connectivity index (χ1v) is 8.61. The number of halogens is 2. The van der Waals surface area contributed by atoms with Gasteiger partial charge in [-0.1, -0.05) is 46.3 Å². The van der Waals surface area contributed by atoms with Crippen LogP contribution in [0.1, 0.15) is 34.4 Å². The molecule has 1 aliphatic heterocycles. The molecule has 108 valence electrons. The Hall–Kier alpha value is -0.990. The Morgan fingerprint density at radius 1 is 1.19 bits per heavy atom. The van der Waals surface area contributed by atoms with E-state index >= 15 is 0 Å². The van der Waals surface area contributed by atoms with Gasteiger partial charge in [0.1, 0.15) is 5.75 Å². The molecule has 0 spiro atoms. The van der Waals surface area contributed by atoms with Crippen LogP contribution in [0.4, 0.5) is 0 Å². The average molecular weight is 364 g/mol. The quantitative estimate of drug-likeness (QED) is 0.657. The number of hydrogen-bond donors (Lipinski definition) is 0. The smallest absolute Gasteiger partial charge is 0.127 e. The molecule has 1 heterocycles. The van der Waals surface area contributed by atoms with E-state index in [9.17, 15) is 0 Å². The van der Waals surface area contributed by atoms with Crippen LogP contribution in [0.25, 0.3) is 0 Å². The van der Waals surface area contributed by atoms with E-state index in [1.165, 1.54) is 17.5 Å². The predicted molar refractivity (Wildman–Crippen MR) is 89.2 cm³/mol. The summed E-state index contributed by atoms with van der Waals surface area (Å²) in [6.07, 6.45) is 2.15. The molecular weight excluding hydrogens is 348 g/mol. The van der Waals surface area contributed by atoms with E-state index < -0.39 is 0 Å². The number of ether oxygens (including phenoxy) is 1. The lowest BCUT2D eigenvalue weighted by molar-refractivity contribution is 0.352. The van der Waals surface area contributed by atoms with Crippen LogP contribution in [0.3, 0.4) is 0 Å². The molecule has 2 aromatic carbocycles. The molecular formula is C18H16BrClO. The Morgan fingerprint density at radius 2 is 2.00 bits per heavy atom. The van der Waals surface area contributed by atoms with Gasteiger partial charge in [-0.2, -0.15) is 0 Å². The molecule has 1 saturated carbocycles. The van der Waals surface area contributed by atoms with E-state index in [4.69, 9.17) is 16.3 Å². The molecule has 2 aromatic rings. The van der Waals surface area contributed by atoms with Crippen LogP contribution in [0, 0.1) is 5.92 Å². The van der Waals surface area contributed by atoms with Gasteiger partial charge in [0.05, 0.1) is 12.0 Å². The van der Waals surface area contributed by atoms with Crippen molar-refractivity contribution in [3.8, 4) is 5.75 Å². The first-order valence-electron chi connectivity index (χ1n) is 7.38. The Morgan fingerprint density at radius 3 is 2.81 bits per heavy atom. The van der Waals surface area contributed by atoms with Crippen molar-refractivity contribution < 1.29 is 4.74 Å². The minimum absolute atomic E-state index is 0.0274. The van der Waals surface area contributed by atoms with Gasteiger partial charge in [0.15, 0.2) is 0 Å². The Labute approximate surface area is 138 Å². The summed E-state index contributed by atoms with van der Waals surface area (Å²) in [6, 6.07) is 15.0. The highest BCUT2D eigenvalue weighted by molar-refractivity contribution is 9.10. The van der Waals surface area contributed by atoms with Gasteiger partial charge in [-0.25, -0.2) is 0 Å². The molecule has 3 heteroatoms. The van der Waals surface area contributed by atoms with Crippen LogP contribution in [-0.2, 0) is 6.42 Å². The summed E-state index contributed by atoms with van der Waals surface area (Å²) in [6.45, 7) is 0.773. The minimum atomic E-state index is 0.0274. The van der Waals surface area contributed by atoms with Crippen LogP contribution in [-0.4, -0.2) is 6.61 Å². The van der Waals surface area contributed by atoms with Crippen molar-refractivity contribution in [1.29, 1.82) is 0 Å². The van der Waals surface area contributed by atoms with Crippen LogP contribution >= 0.6 is 27.5 Å². The second kappa shape index (κ2) is 5.33. The number of fused-ring (bicyclic) bond motifs is 1. The Kier molecular flexibility index (Phi) is 3.47. The number of rotatable bonds is 3. The monoisotopic (exact) mass is 362 g/mol. The molecule has 3 unspecified atom stereocenters. The van der Waals surface area contributed by atoms with E-state index in [2.05, 4.69) is 58.4 Å². The second-order valence-electron chi connectivity index (χ2n) is 5.90. The maximum Gasteiger partial charge on any atom is 0.127 e. The van der Waals surface area contributed by atoms with Gasteiger partial charge >= 0.3 is 0 Å². The standard InChI is InChI=1S/C18H16BrClO/c19-13-8-12-6-7-21-18(12)16(9-13)17(20)15-10-14(15)11-4-2-1-3-5-11/h1-5,8-9,14-15,17H,6-7,10H2. The summed E-state index contributed by atoms with van der Waals surface area (Å²) in [5, 5.41) is 0.0274. The third kappa shape index (κ3) is 2.49. The molecule has 1 fully saturated rings. The Bertz CT molecular complexity index is 670. The van der Waals surface area contributed by atoms with Crippen LogP contribution < -0.4 is 4.74 Å². The fraction of sp³-hybridized carbons (Fsp3) is 0.333. The maximum absolute atomic E-state index is 6.80. The molecule has 1 nitrogen and oxygen atoms in total. The molecule has 4 rings (SSSR count). The SMILES string of the molecule is ClC(c1cc(Br)cc2c1OCC2)C1CC1c1ccccc1. The van der Waals surface area contributed by atoms with Gasteiger partial charge in [-0.05, 0) is 41.5 Å². The maximum atomic E-state index is 6.80. The zero-order valence-electron chi connectivity index (χ0n) is 11.6. The van der Waals surface area contributed by atoms with E-state index in [1.54, 1.807) is 0 Å². The zero-order valence-corrected chi connectivity index (χ0v) is 13.9. The lowest BCUT2D eigenvalue weighted by Gasteiger charge is -2.15. The molecule has 0 N–H and O–H groups in total. The van der Waals surface area contributed by atoms with E-state index in [0.29, 0.717) is 11.8 Å². The highest BCUT2D eigenvalue weighted by atomic mass is 79.9. The van der Waals surface area contributed by atoms with Gasteiger partial charge < -0.3 is 4.74 Å². The van der Waals surface area contributed by atoms with Gasteiger partial charge in [0.25, 0.3) is 0 Å². The normalized spacial score (nSPS) is 24.3. The predicted octanol–water partition coefficient (Wildman–Crippen LogP) is 5.47. The van der Waals surface area contributed by atoms with E-state index in [0.717, 1.165) is 28.8 Å². The first kappa shape index (κ1) is 13.7. The number of hydrogen-bond acceptors (Lipinski definition) is 1. The van der Waals surface area contributed by atoms with Crippen molar-refractivity contribution in [2.45, 2.75) is 24.1 Å². The summed E-state index contributed by atoms with van der Waals surface area (Å²) in [5.41, 5.74) is 3.84. The fourth-order valence-corrected chi connectivity index (χ4v) is 4.32. The number of alkyl halides is 1. The van der Waals surface area contributed by atoms with E-state index in [-0.39, 0.29) is 5.38 Å². The topological polar surface area (TPSA) is 9.23 Å². The molecule has 0 aromatic heterocycles. The first-order chi connectivity index (χ1) is 10.2. The molecule has 21 heavy (non-hydrogen) atoms. The van der Waals surface area contributed by atoms with Gasteiger partial charge in [0.2, 0.25) is 0 Å². The summed E-state index contributed by atoms with van der Waals surface area (Å²) >= 11 is 10.4. The molecule has 2 aliphatic rings. The second-order valence-corrected chi connectivity index (χ2v) is 7.29. The summed E-state index contributed by atoms with van der Waals surface area (Å²) < 4.78 is 6.92. The molecule has 0 bridgehead atoms. The van der Waals surface area contributed by atoms with Crippen molar-refractivity contribution >= 4 is 27.5 Å². The van der Waals surface area contributed by atoms with Crippen molar-refractivity contribution in [3.63, 3.8) is 0 Å². The summed E-state index contributed by atoms with van der Waals surface area (Å²) in [5.74, 6) is 2.12. The molecule has 3 atom stereocenters. The van der Waals surface area contributed by atoms with Gasteiger partial charge in [-0.15, -0.1) is 11.6 Å². The fourth-order valence-electron chi connectivity index (χ4n) is 3.36. The van der Waals surface area contributed by atoms with Crippen molar-refractivity contribution in [3.05, 3.63) is 63.6 Å². The van der Waals surface area contributed by atoms with Crippen LogP contribution in [0.15, 0.2) is 46.9 Å². The molecule has 0 radical (unpaired) electrons. The third-order valence-electron chi connectivity index (χ3n) is 4.52.